The van der Waals surface area contributed by atoms with Crippen LogP contribution >= 0.6 is 0 Å². The van der Waals surface area contributed by atoms with Gasteiger partial charge in [0.05, 0.1) is 0 Å². The SMILES string of the molecule is CC(C)c1cc[c-]c(N(C)c2ccccc2)c1.[Li+]. The maximum atomic E-state index is 3.29. The van der Waals surface area contributed by atoms with Crippen molar-refractivity contribution >= 4 is 11.4 Å². The summed E-state index contributed by atoms with van der Waals surface area (Å²) in [5.41, 5.74) is 3.65. The van der Waals surface area contributed by atoms with Gasteiger partial charge in [0.25, 0.3) is 0 Å². The van der Waals surface area contributed by atoms with Gasteiger partial charge in [0.2, 0.25) is 0 Å². The molecule has 2 rings (SSSR count). The van der Waals surface area contributed by atoms with E-state index in [0.717, 1.165) is 5.69 Å². The Hall–Kier alpha value is -1.16. The largest absolute Gasteiger partial charge is 1.00 e. The first-order chi connectivity index (χ1) is 8.18. The second kappa shape index (κ2) is 6.69. The van der Waals surface area contributed by atoms with E-state index in [4.69, 9.17) is 0 Å². The minimum Gasteiger partial charge on any atom is -0.368 e. The number of hydrogen-bond acceptors (Lipinski definition) is 1. The summed E-state index contributed by atoms with van der Waals surface area (Å²) in [7, 11) is 2.07. The Bertz CT molecular complexity index is 479. The Morgan fingerprint density at radius 2 is 1.72 bits per heavy atom. The Labute approximate surface area is 122 Å². The summed E-state index contributed by atoms with van der Waals surface area (Å²) < 4.78 is 0. The van der Waals surface area contributed by atoms with Crippen LogP contribution in [0.5, 0.6) is 0 Å². The molecule has 88 valence electrons. The van der Waals surface area contributed by atoms with Gasteiger partial charge in [0.15, 0.2) is 0 Å². The van der Waals surface area contributed by atoms with Crippen molar-refractivity contribution in [1.29, 1.82) is 0 Å². The molecule has 0 unspecified atom stereocenters. The van der Waals surface area contributed by atoms with Gasteiger partial charge in [-0.3, -0.25) is 0 Å². The summed E-state index contributed by atoms with van der Waals surface area (Å²) in [6, 6.07) is 20.0. The van der Waals surface area contributed by atoms with Crippen molar-refractivity contribution < 1.29 is 18.9 Å². The van der Waals surface area contributed by atoms with Crippen LogP contribution in [0.3, 0.4) is 0 Å². The summed E-state index contributed by atoms with van der Waals surface area (Å²) in [6.07, 6.45) is 0. The molecule has 0 aliphatic heterocycles. The average Bonchev–Trinajstić information content (AvgIpc) is 2.39. The van der Waals surface area contributed by atoms with E-state index in [-0.39, 0.29) is 18.9 Å². The first kappa shape index (κ1) is 14.9. The van der Waals surface area contributed by atoms with Crippen molar-refractivity contribution in [2.75, 3.05) is 11.9 Å². The molecule has 0 bridgehead atoms. The molecule has 0 spiro atoms. The zero-order valence-electron chi connectivity index (χ0n) is 11.6. The van der Waals surface area contributed by atoms with E-state index >= 15 is 0 Å². The van der Waals surface area contributed by atoms with Gasteiger partial charge in [-0.1, -0.05) is 37.7 Å². The van der Waals surface area contributed by atoms with E-state index in [1.807, 2.05) is 12.1 Å². The van der Waals surface area contributed by atoms with Gasteiger partial charge in [0.1, 0.15) is 0 Å². The molecule has 0 radical (unpaired) electrons. The number of anilines is 2. The van der Waals surface area contributed by atoms with Gasteiger partial charge in [-0.25, -0.2) is 0 Å². The number of para-hydroxylation sites is 1. The van der Waals surface area contributed by atoms with E-state index in [0.29, 0.717) is 5.92 Å². The maximum Gasteiger partial charge on any atom is 1.00 e. The minimum absolute atomic E-state index is 0. The fourth-order valence-corrected chi connectivity index (χ4v) is 1.81. The molecule has 2 aromatic rings. The van der Waals surface area contributed by atoms with Gasteiger partial charge in [0, 0.05) is 12.7 Å². The van der Waals surface area contributed by atoms with Crippen LogP contribution in [0.2, 0.25) is 0 Å². The average molecular weight is 231 g/mol. The van der Waals surface area contributed by atoms with Crippen LogP contribution in [0.15, 0.2) is 48.5 Å². The molecule has 0 aliphatic carbocycles. The summed E-state index contributed by atoms with van der Waals surface area (Å²) >= 11 is 0. The Kier molecular flexibility index (Phi) is 5.53. The van der Waals surface area contributed by atoms with Crippen LogP contribution in [0.25, 0.3) is 0 Å². The van der Waals surface area contributed by atoms with Crippen molar-refractivity contribution in [3.8, 4) is 0 Å². The predicted molar refractivity (Wildman–Crippen MR) is 73.9 cm³/mol. The number of rotatable bonds is 3. The second-order valence-corrected chi connectivity index (χ2v) is 4.56. The topological polar surface area (TPSA) is 3.24 Å². The van der Waals surface area contributed by atoms with E-state index in [1.165, 1.54) is 11.3 Å². The maximum absolute atomic E-state index is 3.29. The smallest absolute Gasteiger partial charge is 0.368 e. The molecule has 18 heavy (non-hydrogen) atoms. The zero-order valence-corrected chi connectivity index (χ0v) is 11.6. The molecule has 0 fully saturated rings. The van der Waals surface area contributed by atoms with E-state index in [9.17, 15) is 0 Å². The minimum atomic E-state index is 0. The van der Waals surface area contributed by atoms with Crippen LogP contribution in [0.1, 0.15) is 25.3 Å². The molecule has 0 saturated carbocycles. The molecule has 0 amide bonds. The van der Waals surface area contributed by atoms with Crippen LogP contribution in [0.4, 0.5) is 11.4 Å². The molecule has 0 aromatic heterocycles. The first-order valence-electron chi connectivity index (χ1n) is 5.99. The van der Waals surface area contributed by atoms with E-state index < -0.39 is 0 Å². The summed E-state index contributed by atoms with van der Waals surface area (Å²) in [4.78, 5) is 2.16. The molecule has 2 heteroatoms. The summed E-state index contributed by atoms with van der Waals surface area (Å²) in [6.45, 7) is 4.42. The monoisotopic (exact) mass is 231 g/mol. The third-order valence-corrected chi connectivity index (χ3v) is 2.98. The van der Waals surface area contributed by atoms with Gasteiger partial charge >= 0.3 is 18.9 Å². The molecule has 0 saturated heterocycles. The third kappa shape index (κ3) is 3.42. The molecule has 0 atom stereocenters. The molecule has 0 heterocycles. The standard InChI is InChI=1S/C16H18N.Li/c1-13(2)14-8-7-11-16(12-14)17(3)15-9-5-4-6-10-15;/h4-10,12-13H,1-3H3;/q-1;+1. The molecule has 0 N–H and O–H groups in total. The number of hydrogen-bond donors (Lipinski definition) is 0. The van der Waals surface area contributed by atoms with Gasteiger partial charge in [-0.05, 0) is 18.1 Å². The third-order valence-electron chi connectivity index (χ3n) is 2.98. The predicted octanol–water partition coefficient (Wildman–Crippen LogP) is 1.38. The number of benzene rings is 2. The van der Waals surface area contributed by atoms with Crippen molar-refractivity contribution in [1.82, 2.24) is 0 Å². The molecule has 2 aromatic carbocycles. The number of nitrogens with zero attached hydrogens (tertiary/aromatic N) is 1. The molecular formula is C16H18LiN. The van der Waals surface area contributed by atoms with Crippen molar-refractivity contribution in [2.24, 2.45) is 0 Å². The summed E-state index contributed by atoms with van der Waals surface area (Å²) in [5.74, 6) is 0.549. The van der Waals surface area contributed by atoms with Gasteiger partial charge in [-0.2, -0.15) is 23.8 Å². The summed E-state index contributed by atoms with van der Waals surface area (Å²) in [5, 5.41) is 0. The van der Waals surface area contributed by atoms with E-state index in [1.54, 1.807) is 0 Å². The molecule has 1 nitrogen and oxygen atoms in total. The Morgan fingerprint density at radius 3 is 2.33 bits per heavy atom. The van der Waals surface area contributed by atoms with Crippen molar-refractivity contribution in [3.63, 3.8) is 0 Å². The Balaban J connectivity index is 0.00000162. The first-order valence-corrected chi connectivity index (χ1v) is 5.99. The van der Waals surface area contributed by atoms with Crippen LogP contribution in [-0.4, -0.2) is 7.05 Å². The molecular weight excluding hydrogens is 213 g/mol. The zero-order chi connectivity index (χ0) is 12.3. The molecule has 0 aliphatic rings. The van der Waals surface area contributed by atoms with Gasteiger partial charge < -0.3 is 4.90 Å². The van der Waals surface area contributed by atoms with Gasteiger partial charge in [-0.15, -0.1) is 6.07 Å². The second-order valence-electron chi connectivity index (χ2n) is 4.56. The van der Waals surface area contributed by atoms with Crippen molar-refractivity contribution in [3.05, 3.63) is 60.2 Å². The van der Waals surface area contributed by atoms with Crippen LogP contribution < -0.4 is 23.8 Å². The normalized spacial score (nSPS) is 10.0. The Morgan fingerprint density at radius 1 is 1.06 bits per heavy atom. The fourth-order valence-electron chi connectivity index (χ4n) is 1.81. The van der Waals surface area contributed by atoms with Crippen LogP contribution in [0, 0.1) is 6.07 Å². The van der Waals surface area contributed by atoms with Crippen molar-refractivity contribution in [2.45, 2.75) is 19.8 Å². The van der Waals surface area contributed by atoms with Crippen LogP contribution in [-0.2, 0) is 0 Å². The fraction of sp³-hybridized carbons (Fsp3) is 0.250. The quantitative estimate of drug-likeness (QED) is 0.570. The van der Waals surface area contributed by atoms with E-state index in [2.05, 4.69) is 68.3 Å².